The molecule has 1 aromatic rings. The summed E-state index contributed by atoms with van der Waals surface area (Å²) < 4.78 is 0. The van der Waals surface area contributed by atoms with Crippen LogP contribution < -0.4 is 4.90 Å². The Bertz CT molecular complexity index is 636. The Hall–Kier alpha value is -1.28. The first-order chi connectivity index (χ1) is 10.7. The van der Waals surface area contributed by atoms with Gasteiger partial charge in [-0.05, 0) is 62.2 Å². The highest BCUT2D eigenvalue weighted by Gasteiger charge is 2.59. The Kier molecular flexibility index (Phi) is 2.63. The lowest BCUT2D eigenvalue weighted by atomic mass is 9.60. The molecular formula is C20H26N2. The minimum absolute atomic E-state index is 0.483. The van der Waals surface area contributed by atoms with Crippen molar-refractivity contribution in [2.24, 2.45) is 5.41 Å². The van der Waals surface area contributed by atoms with Gasteiger partial charge >= 0.3 is 0 Å². The van der Waals surface area contributed by atoms with Gasteiger partial charge in [0.25, 0.3) is 0 Å². The molecule has 0 aromatic heterocycles. The summed E-state index contributed by atoms with van der Waals surface area (Å²) in [6.45, 7) is 9.55. The molecule has 2 nitrogen and oxygen atoms in total. The quantitative estimate of drug-likeness (QED) is 0.768. The molecule has 0 spiro atoms. The Labute approximate surface area is 133 Å². The van der Waals surface area contributed by atoms with Gasteiger partial charge < -0.3 is 4.90 Å². The number of benzene rings is 1. The molecule has 4 heterocycles. The Morgan fingerprint density at radius 2 is 2.14 bits per heavy atom. The molecule has 4 aliphatic heterocycles. The van der Waals surface area contributed by atoms with Crippen molar-refractivity contribution in [3.63, 3.8) is 0 Å². The van der Waals surface area contributed by atoms with Crippen LogP contribution in [0.15, 0.2) is 36.5 Å². The van der Waals surface area contributed by atoms with Crippen LogP contribution in [0, 0.1) is 5.41 Å². The molecular weight excluding hydrogens is 268 g/mol. The van der Waals surface area contributed by atoms with Crippen molar-refractivity contribution < 1.29 is 0 Å². The zero-order valence-electron chi connectivity index (χ0n) is 13.6. The van der Waals surface area contributed by atoms with E-state index in [-0.39, 0.29) is 0 Å². The molecule has 3 fully saturated rings. The highest BCUT2D eigenvalue weighted by molar-refractivity contribution is 5.67. The second kappa shape index (κ2) is 4.38. The van der Waals surface area contributed by atoms with Crippen molar-refractivity contribution in [2.75, 3.05) is 18.0 Å². The van der Waals surface area contributed by atoms with E-state index < -0.39 is 0 Å². The number of piperidine rings is 3. The van der Waals surface area contributed by atoms with E-state index in [2.05, 4.69) is 47.6 Å². The summed E-state index contributed by atoms with van der Waals surface area (Å²) in [6, 6.07) is 10.5. The van der Waals surface area contributed by atoms with Gasteiger partial charge in [0.05, 0.1) is 6.04 Å². The first-order valence-electron chi connectivity index (χ1n) is 9.05. The van der Waals surface area contributed by atoms with Crippen LogP contribution in [0.3, 0.4) is 0 Å². The van der Waals surface area contributed by atoms with E-state index in [0.717, 1.165) is 12.0 Å². The lowest BCUT2D eigenvalue weighted by Crippen LogP contribution is -2.67. The third-order valence-electron chi connectivity index (χ3n) is 7.10. The first kappa shape index (κ1) is 13.2. The summed E-state index contributed by atoms with van der Waals surface area (Å²) >= 11 is 0. The first-order valence-corrected chi connectivity index (χ1v) is 9.05. The molecule has 0 N–H and O–H groups in total. The van der Waals surface area contributed by atoms with Crippen LogP contribution in [0.5, 0.6) is 0 Å². The normalized spacial score (nSPS) is 39.6. The average molecular weight is 294 g/mol. The summed E-state index contributed by atoms with van der Waals surface area (Å²) in [5.74, 6) is 0.721. The highest BCUT2D eigenvalue weighted by Crippen LogP contribution is 2.59. The maximum Gasteiger partial charge on any atom is 0.0569 e. The van der Waals surface area contributed by atoms with Crippen LogP contribution >= 0.6 is 0 Å². The Morgan fingerprint density at radius 1 is 1.27 bits per heavy atom. The largest absolute Gasteiger partial charge is 0.340 e. The maximum absolute atomic E-state index is 4.53. The minimum Gasteiger partial charge on any atom is -0.340 e. The summed E-state index contributed by atoms with van der Waals surface area (Å²) in [5, 5.41) is 0. The van der Waals surface area contributed by atoms with Gasteiger partial charge in [0.1, 0.15) is 0 Å². The second-order valence-electron chi connectivity index (χ2n) is 7.86. The molecule has 0 aliphatic carbocycles. The van der Waals surface area contributed by atoms with Gasteiger partial charge in [0.2, 0.25) is 0 Å². The predicted octanol–water partition coefficient (Wildman–Crippen LogP) is 4.14. The van der Waals surface area contributed by atoms with Crippen LogP contribution in [-0.4, -0.2) is 30.1 Å². The van der Waals surface area contributed by atoms with Crippen molar-refractivity contribution in [2.45, 2.75) is 57.0 Å². The monoisotopic (exact) mass is 294 g/mol. The molecule has 0 saturated carbocycles. The molecule has 0 radical (unpaired) electrons. The van der Waals surface area contributed by atoms with Gasteiger partial charge in [0.15, 0.2) is 0 Å². The molecule has 4 atom stereocenters. The van der Waals surface area contributed by atoms with Gasteiger partial charge in [0, 0.05) is 23.3 Å². The van der Waals surface area contributed by atoms with Crippen LogP contribution in [0.1, 0.15) is 50.5 Å². The highest BCUT2D eigenvalue weighted by atomic mass is 15.3. The fourth-order valence-corrected chi connectivity index (χ4v) is 6.25. The Balaban J connectivity index is 1.69. The van der Waals surface area contributed by atoms with Crippen molar-refractivity contribution in [3.8, 4) is 0 Å². The number of para-hydroxylation sites is 1. The number of rotatable bonds is 1. The lowest BCUT2D eigenvalue weighted by Gasteiger charge is -2.61. The van der Waals surface area contributed by atoms with E-state index in [1.54, 1.807) is 5.56 Å². The van der Waals surface area contributed by atoms with Gasteiger partial charge in [-0.2, -0.15) is 0 Å². The number of allylic oxidation sites excluding steroid dienone is 1. The zero-order chi connectivity index (χ0) is 14.9. The smallest absolute Gasteiger partial charge is 0.0569 e. The SMILES string of the molecule is C=C1C[C@@]2(CC)CCCN3CCC4c5ccccc5N1C4[C@H]32. The molecule has 5 rings (SSSR count). The molecule has 1 aromatic carbocycles. The molecule has 22 heavy (non-hydrogen) atoms. The summed E-state index contributed by atoms with van der Waals surface area (Å²) in [5.41, 5.74) is 4.91. The fraction of sp³-hybridized carbons (Fsp3) is 0.600. The third-order valence-corrected chi connectivity index (χ3v) is 7.10. The Morgan fingerprint density at radius 3 is 3.00 bits per heavy atom. The van der Waals surface area contributed by atoms with Crippen LogP contribution in [0.25, 0.3) is 0 Å². The van der Waals surface area contributed by atoms with E-state index in [0.29, 0.717) is 11.5 Å². The van der Waals surface area contributed by atoms with Crippen molar-refractivity contribution >= 4 is 5.69 Å². The van der Waals surface area contributed by atoms with Crippen molar-refractivity contribution in [1.29, 1.82) is 0 Å². The topological polar surface area (TPSA) is 6.48 Å². The number of fused-ring (bicyclic) bond motifs is 3. The van der Waals surface area contributed by atoms with Gasteiger partial charge in [-0.15, -0.1) is 0 Å². The van der Waals surface area contributed by atoms with E-state index >= 15 is 0 Å². The number of anilines is 1. The molecule has 0 amide bonds. The fourth-order valence-electron chi connectivity index (χ4n) is 6.25. The van der Waals surface area contributed by atoms with Crippen molar-refractivity contribution in [3.05, 3.63) is 42.1 Å². The molecule has 2 heteroatoms. The molecule has 3 saturated heterocycles. The maximum atomic E-state index is 4.53. The standard InChI is InChI=1S/C20H26N2/c1-3-20-10-6-11-21-12-9-16-15-7-4-5-8-17(15)22(14(2)13-20)18(16)19(20)21/h4-5,7-8,16,18-19H,2-3,6,9-13H2,1H3/t16?,18?,19-,20+/m0/s1. The summed E-state index contributed by atoms with van der Waals surface area (Å²) in [4.78, 5) is 5.47. The van der Waals surface area contributed by atoms with E-state index in [4.69, 9.17) is 0 Å². The predicted molar refractivity (Wildman–Crippen MR) is 91.1 cm³/mol. The van der Waals surface area contributed by atoms with Crippen LogP contribution in [0.2, 0.25) is 0 Å². The van der Waals surface area contributed by atoms with Crippen LogP contribution in [0.4, 0.5) is 5.69 Å². The average Bonchev–Trinajstić information content (AvgIpc) is 2.89. The molecule has 116 valence electrons. The third kappa shape index (κ3) is 1.45. The molecule has 4 aliphatic rings. The lowest BCUT2D eigenvalue weighted by molar-refractivity contribution is -0.0424. The van der Waals surface area contributed by atoms with Crippen LogP contribution in [-0.2, 0) is 0 Å². The minimum atomic E-state index is 0.483. The summed E-state index contributed by atoms with van der Waals surface area (Å²) in [6.07, 6.45) is 6.60. The number of hydrogen-bond donors (Lipinski definition) is 0. The van der Waals surface area contributed by atoms with Gasteiger partial charge in [-0.1, -0.05) is 31.7 Å². The zero-order valence-corrected chi connectivity index (χ0v) is 13.6. The van der Waals surface area contributed by atoms with Gasteiger partial charge in [-0.25, -0.2) is 0 Å². The summed E-state index contributed by atoms with van der Waals surface area (Å²) in [7, 11) is 0. The molecule has 2 unspecified atom stereocenters. The van der Waals surface area contributed by atoms with Crippen molar-refractivity contribution in [1.82, 2.24) is 4.90 Å². The van der Waals surface area contributed by atoms with Gasteiger partial charge in [-0.3, -0.25) is 4.90 Å². The second-order valence-corrected chi connectivity index (χ2v) is 7.86. The number of nitrogens with zero attached hydrogens (tertiary/aromatic N) is 2. The van der Waals surface area contributed by atoms with E-state index in [1.807, 2.05) is 0 Å². The van der Waals surface area contributed by atoms with E-state index in [1.165, 1.54) is 56.6 Å². The number of hydrogen-bond acceptors (Lipinski definition) is 2. The van der Waals surface area contributed by atoms with E-state index in [9.17, 15) is 0 Å². The molecule has 0 bridgehead atoms.